The number of rotatable bonds is 3. The summed E-state index contributed by atoms with van der Waals surface area (Å²) in [5.74, 6) is 0.489. The van der Waals surface area contributed by atoms with Gasteiger partial charge in [-0.15, -0.1) is 0 Å². The molecule has 0 bridgehead atoms. The molecule has 0 atom stereocenters. The van der Waals surface area contributed by atoms with E-state index in [1.54, 1.807) is 41.2 Å². The molecule has 4 aromatic heterocycles. The van der Waals surface area contributed by atoms with Crippen LogP contribution in [0.1, 0.15) is 24.3 Å². The smallest absolute Gasteiger partial charge is 0.321 e. The van der Waals surface area contributed by atoms with Gasteiger partial charge in [0, 0.05) is 24.2 Å². The van der Waals surface area contributed by atoms with Crippen molar-refractivity contribution in [3.8, 4) is 11.3 Å². The number of alkyl halides is 3. The fraction of sp³-hybridized carbons (Fsp3) is 0.227. The summed E-state index contributed by atoms with van der Waals surface area (Å²) in [6.07, 6.45) is 4.10. The van der Waals surface area contributed by atoms with E-state index in [-0.39, 0.29) is 0 Å². The Bertz CT molecular complexity index is 1590. The summed E-state index contributed by atoms with van der Waals surface area (Å²) in [5.41, 5.74) is 2.94. The molecule has 0 radical (unpaired) electrons. The van der Waals surface area contributed by atoms with Crippen molar-refractivity contribution >= 4 is 16.7 Å². The Labute approximate surface area is 188 Å². The van der Waals surface area contributed by atoms with E-state index in [0.29, 0.717) is 28.2 Å². The second-order valence-corrected chi connectivity index (χ2v) is 7.92. The van der Waals surface area contributed by atoms with Gasteiger partial charge in [-0.2, -0.15) is 18.3 Å². The Morgan fingerprint density at radius 1 is 1.12 bits per heavy atom. The number of imidazole rings is 2. The molecule has 1 aromatic carbocycles. The zero-order valence-electron chi connectivity index (χ0n) is 17.6. The molecule has 6 rings (SSSR count). The van der Waals surface area contributed by atoms with Crippen molar-refractivity contribution in [3.63, 3.8) is 0 Å². The number of nitrogens with zero attached hydrogens (tertiary/aromatic N) is 5. The third-order valence-corrected chi connectivity index (χ3v) is 5.38. The van der Waals surface area contributed by atoms with E-state index < -0.39 is 24.0 Å². The molecule has 0 spiro atoms. The number of fused-ring (bicyclic) bond motifs is 2. The van der Waals surface area contributed by atoms with Crippen molar-refractivity contribution in [2.45, 2.75) is 31.5 Å². The number of nitrogens with one attached hydrogen (secondary N) is 2. The van der Waals surface area contributed by atoms with Crippen molar-refractivity contribution in [3.05, 3.63) is 81.7 Å². The van der Waals surface area contributed by atoms with Crippen molar-refractivity contribution in [2.24, 2.45) is 0 Å². The van der Waals surface area contributed by atoms with Crippen LogP contribution in [0.25, 0.3) is 27.9 Å². The molecule has 174 valence electrons. The maximum Gasteiger partial charge on any atom is 0.406 e. The Morgan fingerprint density at radius 3 is 2.65 bits per heavy atom. The van der Waals surface area contributed by atoms with E-state index in [9.17, 15) is 22.8 Å². The molecule has 0 unspecified atom stereocenters. The molecule has 0 saturated heterocycles. The van der Waals surface area contributed by atoms with Crippen LogP contribution >= 0.6 is 0 Å². The van der Waals surface area contributed by atoms with E-state index in [1.807, 2.05) is 6.07 Å². The average molecular weight is 469 g/mol. The molecule has 9 nitrogen and oxygen atoms in total. The highest BCUT2D eigenvalue weighted by Crippen LogP contribution is 2.42. The van der Waals surface area contributed by atoms with Gasteiger partial charge in [0.05, 0.1) is 28.6 Å². The normalized spacial score (nSPS) is 13.7. The molecule has 2 N–H and O–H groups in total. The molecule has 4 heterocycles. The summed E-state index contributed by atoms with van der Waals surface area (Å²) in [7, 11) is 0. The Kier molecular flexibility index (Phi) is 5.27. The van der Waals surface area contributed by atoms with E-state index in [2.05, 4.69) is 25.0 Å². The van der Waals surface area contributed by atoms with E-state index in [1.165, 1.54) is 12.5 Å². The molecule has 34 heavy (non-hydrogen) atoms. The lowest BCUT2D eigenvalue weighted by Gasteiger charge is -2.07. The summed E-state index contributed by atoms with van der Waals surface area (Å²) in [4.78, 5) is 35.8. The minimum atomic E-state index is -4.20. The number of aromatic nitrogens is 7. The van der Waals surface area contributed by atoms with Gasteiger partial charge in [-0.1, -0.05) is 12.1 Å². The first-order valence-corrected chi connectivity index (χ1v) is 10.4. The number of H-pyrrole nitrogens is 2. The summed E-state index contributed by atoms with van der Waals surface area (Å²) in [5, 5.41) is 4.38. The Balaban J connectivity index is 0.000000152. The van der Waals surface area contributed by atoms with Crippen LogP contribution in [0.15, 0.2) is 64.8 Å². The number of benzene rings is 1. The van der Waals surface area contributed by atoms with E-state index in [0.717, 1.165) is 28.6 Å². The van der Waals surface area contributed by atoms with Gasteiger partial charge in [0.15, 0.2) is 5.65 Å². The predicted octanol–water partition coefficient (Wildman–Crippen LogP) is 3.25. The minimum absolute atomic E-state index is 0.349. The van der Waals surface area contributed by atoms with Crippen molar-refractivity contribution in [2.75, 3.05) is 0 Å². The van der Waals surface area contributed by atoms with Gasteiger partial charge in [-0.25, -0.2) is 19.3 Å². The summed E-state index contributed by atoms with van der Waals surface area (Å²) in [6, 6.07) is 8.63. The first kappa shape index (κ1) is 21.6. The monoisotopic (exact) mass is 469 g/mol. The zero-order chi connectivity index (χ0) is 23.9. The van der Waals surface area contributed by atoms with Gasteiger partial charge in [0.25, 0.3) is 5.56 Å². The third kappa shape index (κ3) is 4.47. The highest BCUT2D eigenvalue weighted by Gasteiger charge is 2.29. The minimum Gasteiger partial charge on any atom is -0.321 e. The number of para-hydroxylation sites is 2. The summed E-state index contributed by atoms with van der Waals surface area (Å²) < 4.78 is 39.1. The number of hydrogen-bond acceptors (Lipinski definition) is 5. The Morgan fingerprint density at radius 2 is 1.91 bits per heavy atom. The molecular weight excluding hydrogens is 451 g/mol. The lowest BCUT2D eigenvalue weighted by molar-refractivity contribution is -0.139. The molecular formula is C22H18F3N7O2. The quantitative estimate of drug-likeness (QED) is 0.421. The topological polar surface area (TPSA) is 114 Å². The van der Waals surface area contributed by atoms with Crippen LogP contribution in [-0.2, 0) is 6.54 Å². The first-order valence-electron chi connectivity index (χ1n) is 10.4. The van der Waals surface area contributed by atoms with Crippen LogP contribution in [0.5, 0.6) is 0 Å². The standard InChI is InChI=1S/C13H11N5O2.C9H7F3N2/c19-12-9(6-15-13(20)16-12)10-5-8(7-1-2-7)11-14-3-4-18(11)17-10;10-9(11,12)5-14-6-13-7-3-1-2-4-8(7)14/h3-7H,1-2H2,(H2,15,16,19,20);1-4,6H,5H2. The highest BCUT2D eigenvalue weighted by molar-refractivity contribution is 5.74. The fourth-order valence-electron chi connectivity index (χ4n) is 3.70. The molecule has 0 amide bonds. The second-order valence-electron chi connectivity index (χ2n) is 7.92. The maximum atomic E-state index is 12.1. The third-order valence-electron chi connectivity index (χ3n) is 5.38. The van der Waals surface area contributed by atoms with Crippen LogP contribution in [0, 0.1) is 0 Å². The summed E-state index contributed by atoms with van der Waals surface area (Å²) >= 11 is 0. The fourth-order valence-corrected chi connectivity index (χ4v) is 3.70. The van der Waals surface area contributed by atoms with Crippen LogP contribution < -0.4 is 11.2 Å². The predicted molar refractivity (Wildman–Crippen MR) is 117 cm³/mol. The van der Waals surface area contributed by atoms with Crippen LogP contribution in [0.4, 0.5) is 13.2 Å². The SMILES string of the molecule is FC(F)(F)Cn1cnc2ccccc21.O=c1[nH]cc(-c2cc(C3CC3)c3nccn3n2)c(=O)[nH]1. The van der Waals surface area contributed by atoms with Crippen LogP contribution in [0.2, 0.25) is 0 Å². The molecule has 5 aromatic rings. The van der Waals surface area contributed by atoms with E-state index >= 15 is 0 Å². The molecule has 0 aliphatic heterocycles. The number of aromatic amines is 2. The van der Waals surface area contributed by atoms with Gasteiger partial charge in [-0.05, 0) is 37.0 Å². The largest absolute Gasteiger partial charge is 0.406 e. The van der Waals surface area contributed by atoms with Gasteiger partial charge >= 0.3 is 11.9 Å². The average Bonchev–Trinajstić information content (AvgIpc) is 3.39. The molecule has 1 fully saturated rings. The van der Waals surface area contributed by atoms with Crippen molar-refractivity contribution in [1.82, 2.24) is 34.1 Å². The lowest BCUT2D eigenvalue weighted by Crippen LogP contribution is -2.23. The molecule has 12 heteroatoms. The Hall–Kier alpha value is -4.22. The van der Waals surface area contributed by atoms with Crippen molar-refractivity contribution in [1.29, 1.82) is 0 Å². The van der Waals surface area contributed by atoms with Gasteiger partial charge in [0.1, 0.15) is 6.54 Å². The lowest BCUT2D eigenvalue weighted by atomic mass is 10.1. The second kappa shape index (κ2) is 8.28. The van der Waals surface area contributed by atoms with Crippen LogP contribution in [-0.4, -0.2) is 40.3 Å². The molecule has 1 aliphatic carbocycles. The summed E-state index contributed by atoms with van der Waals surface area (Å²) in [6.45, 7) is -0.993. The number of halogens is 3. The molecule has 1 aliphatic rings. The first-order chi connectivity index (χ1) is 16.3. The maximum absolute atomic E-state index is 12.1. The van der Waals surface area contributed by atoms with Crippen LogP contribution in [0.3, 0.4) is 0 Å². The van der Waals surface area contributed by atoms with Gasteiger partial charge in [0.2, 0.25) is 0 Å². The van der Waals surface area contributed by atoms with Crippen molar-refractivity contribution < 1.29 is 13.2 Å². The zero-order valence-corrected chi connectivity index (χ0v) is 17.6. The van der Waals surface area contributed by atoms with Gasteiger partial charge in [-0.3, -0.25) is 9.78 Å². The number of hydrogen-bond donors (Lipinski definition) is 2. The molecule has 1 saturated carbocycles. The van der Waals surface area contributed by atoms with E-state index in [4.69, 9.17) is 0 Å². The highest BCUT2D eigenvalue weighted by atomic mass is 19.4. The van der Waals surface area contributed by atoms with Gasteiger partial charge < -0.3 is 9.55 Å².